The monoisotopic (exact) mass is 450 g/mol. The summed E-state index contributed by atoms with van der Waals surface area (Å²) >= 11 is 6.08. The molecule has 0 atom stereocenters. The number of sulfonamides is 1. The van der Waals surface area contributed by atoms with E-state index in [0.29, 0.717) is 5.56 Å². The predicted molar refractivity (Wildman–Crippen MR) is 113 cm³/mol. The highest BCUT2D eigenvalue weighted by Crippen LogP contribution is 2.27. The van der Waals surface area contributed by atoms with E-state index in [-0.39, 0.29) is 26.9 Å². The number of aryl methyl sites for hydroxylation is 1. The Morgan fingerprint density at radius 3 is 2.30 bits per heavy atom. The molecular weight excluding hydrogens is 434 g/mol. The third-order valence-electron chi connectivity index (χ3n) is 4.40. The number of nitrogens with zero attached hydrogens (tertiary/aromatic N) is 1. The second-order valence-corrected chi connectivity index (χ2v) is 8.90. The molecule has 0 unspecified atom stereocenters. The number of rotatable bonds is 5. The molecule has 0 aliphatic carbocycles. The smallest absolute Gasteiger partial charge is 0.264 e. The highest BCUT2D eigenvalue weighted by Gasteiger charge is 2.24. The molecule has 1 N–H and O–H groups in total. The first-order valence-electron chi connectivity index (χ1n) is 8.71. The zero-order valence-corrected chi connectivity index (χ0v) is 17.6. The average molecular weight is 451 g/mol. The molecule has 0 spiro atoms. The van der Waals surface area contributed by atoms with Crippen LogP contribution in [-0.2, 0) is 10.0 Å². The molecule has 0 saturated heterocycles. The molecule has 0 aliphatic rings. The lowest BCUT2D eigenvalue weighted by atomic mass is 10.2. The van der Waals surface area contributed by atoms with Gasteiger partial charge in [0.05, 0.1) is 26.9 Å². The Balaban J connectivity index is 1.93. The first-order chi connectivity index (χ1) is 14.1. The Kier molecular flexibility index (Phi) is 6.09. The molecule has 30 heavy (non-hydrogen) atoms. The summed E-state index contributed by atoms with van der Waals surface area (Å²) in [7, 11) is -2.76. The summed E-state index contributed by atoms with van der Waals surface area (Å²) in [6, 6.07) is 12.8. The van der Waals surface area contributed by atoms with E-state index >= 15 is 0 Å². The number of amides is 1. The number of anilines is 2. The fraction of sp³-hybridized carbons (Fsp3) is 0.0952. The molecule has 1 amide bonds. The van der Waals surface area contributed by atoms with Gasteiger partial charge in [0.25, 0.3) is 15.9 Å². The quantitative estimate of drug-likeness (QED) is 0.594. The van der Waals surface area contributed by atoms with E-state index in [1.165, 1.54) is 43.4 Å². The van der Waals surface area contributed by atoms with Gasteiger partial charge in [0.1, 0.15) is 11.6 Å². The lowest BCUT2D eigenvalue weighted by Crippen LogP contribution is -2.27. The normalized spacial score (nSPS) is 11.2. The molecule has 0 heterocycles. The largest absolute Gasteiger partial charge is 0.319 e. The topological polar surface area (TPSA) is 66.5 Å². The van der Waals surface area contributed by atoms with Crippen LogP contribution in [0.1, 0.15) is 15.9 Å². The molecule has 0 radical (unpaired) electrons. The second-order valence-electron chi connectivity index (χ2n) is 6.53. The van der Waals surface area contributed by atoms with Crippen LogP contribution in [0.2, 0.25) is 5.02 Å². The molecule has 9 heteroatoms. The van der Waals surface area contributed by atoms with Gasteiger partial charge in [-0.05, 0) is 67.1 Å². The SMILES string of the molecule is Cc1ccc(NC(=O)c2cc(S(=O)(=O)N(C)c3ccc(F)cc3)ccc2Cl)c(F)c1. The Bertz CT molecular complexity index is 1220. The summed E-state index contributed by atoms with van der Waals surface area (Å²) in [6.07, 6.45) is 0. The molecule has 156 valence electrons. The van der Waals surface area contributed by atoms with Gasteiger partial charge in [-0.3, -0.25) is 9.10 Å². The maximum absolute atomic E-state index is 14.0. The molecule has 3 aromatic rings. The van der Waals surface area contributed by atoms with Gasteiger partial charge in [-0.25, -0.2) is 17.2 Å². The van der Waals surface area contributed by atoms with Crippen molar-refractivity contribution in [1.29, 1.82) is 0 Å². The van der Waals surface area contributed by atoms with Gasteiger partial charge in [0.2, 0.25) is 0 Å². The average Bonchev–Trinajstić information content (AvgIpc) is 2.70. The lowest BCUT2D eigenvalue weighted by molar-refractivity contribution is 0.102. The maximum Gasteiger partial charge on any atom is 0.264 e. The Morgan fingerprint density at radius 2 is 1.67 bits per heavy atom. The summed E-state index contributed by atoms with van der Waals surface area (Å²) in [6.45, 7) is 1.71. The van der Waals surface area contributed by atoms with E-state index in [2.05, 4.69) is 5.32 Å². The van der Waals surface area contributed by atoms with Crippen LogP contribution in [0.3, 0.4) is 0 Å². The predicted octanol–water partition coefficient (Wildman–Crippen LogP) is 5.00. The molecule has 3 rings (SSSR count). The van der Waals surface area contributed by atoms with Crippen LogP contribution in [-0.4, -0.2) is 21.4 Å². The minimum Gasteiger partial charge on any atom is -0.319 e. The van der Waals surface area contributed by atoms with Crippen molar-refractivity contribution in [2.24, 2.45) is 0 Å². The fourth-order valence-electron chi connectivity index (χ4n) is 2.70. The Morgan fingerprint density at radius 1 is 1.00 bits per heavy atom. The van der Waals surface area contributed by atoms with Crippen molar-refractivity contribution in [2.75, 3.05) is 16.7 Å². The summed E-state index contributed by atoms with van der Waals surface area (Å²) < 4.78 is 54.0. The van der Waals surface area contributed by atoms with E-state index in [1.807, 2.05) is 0 Å². The van der Waals surface area contributed by atoms with Gasteiger partial charge in [-0.15, -0.1) is 0 Å². The molecule has 0 saturated carbocycles. The summed E-state index contributed by atoms with van der Waals surface area (Å²) in [5.41, 5.74) is 0.725. The lowest BCUT2D eigenvalue weighted by Gasteiger charge is -2.20. The summed E-state index contributed by atoms with van der Waals surface area (Å²) in [5, 5.41) is 2.40. The third-order valence-corrected chi connectivity index (χ3v) is 6.52. The molecular formula is C21H17ClF2N2O3S. The van der Waals surface area contributed by atoms with Crippen molar-refractivity contribution >= 4 is 38.9 Å². The first-order valence-corrected chi connectivity index (χ1v) is 10.5. The van der Waals surface area contributed by atoms with Crippen molar-refractivity contribution in [3.8, 4) is 0 Å². The van der Waals surface area contributed by atoms with Gasteiger partial charge in [0.15, 0.2) is 0 Å². The van der Waals surface area contributed by atoms with Crippen molar-refractivity contribution in [2.45, 2.75) is 11.8 Å². The molecule has 0 fully saturated rings. The highest BCUT2D eigenvalue weighted by atomic mass is 35.5. The molecule has 0 bridgehead atoms. The molecule has 0 aliphatic heterocycles. The van der Waals surface area contributed by atoms with Crippen LogP contribution in [0.5, 0.6) is 0 Å². The van der Waals surface area contributed by atoms with Crippen LogP contribution in [0.4, 0.5) is 20.2 Å². The number of nitrogens with one attached hydrogen (secondary N) is 1. The van der Waals surface area contributed by atoms with E-state index in [1.54, 1.807) is 13.0 Å². The number of halogens is 3. The van der Waals surface area contributed by atoms with Gasteiger partial charge in [-0.1, -0.05) is 17.7 Å². The van der Waals surface area contributed by atoms with Gasteiger partial charge < -0.3 is 5.32 Å². The highest BCUT2D eigenvalue weighted by molar-refractivity contribution is 7.92. The number of benzene rings is 3. The van der Waals surface area contributed by atoms with Crippen LogP contribution in [0.25, 0.3) is 0 Å². The standard InChI is InChI=1S/C21H17ClF2N2O3S/c1-13-3-10-20(19(24)11-13)25-21(27)17-12-16(8-9-18(17)22)30(28,29)26(2)15-6-4-14(23)5-7-15/h3-12H,1-2H3,(H,25,27). The van der Waals surface area contributed by atoms with Crippen LogP contribution in [0, 0.1) is 18.6 Å². The summed E-state index contributed by atoms with van der Waals surface area (Å²) in [5.74, 6) is -1.89. The van der Waals surface area contributed by atoms with Crippen molar-refractivity contribution in [3.63, 3.8) is 0 Å². The fourth-order valence-corrected chi connectivity index (χ4v) is 4.12. The van der Waals surface area contributed by atoms with E-state index < -0.39 is 27.6 Å². The number of carbonyl (C=O) groups excluding carboxylic acids is 1. The maximum atomic E-state index is 14.0. The van der Waals surface area contributed by atoms with Gasteiger partial charge in [0, 0.05) is 7.05 Å². The number of hydrogen-bond acceptors (Lipinski definition) is 3. The van der Waals surface area contributed by atoms with Crippen LogP contribution >= 0.6 is 11.6 Å². The Hall–Kier alpha value is -2.97. The first kappa shape index (κ1) is 21.7. The molecule has 5 nitrogen and oxygen atoms in total. The van der Waals surface area contributed by atoms with Crippen molar-refractivity contribution in [3.05, 3.63) is 88.4 Å². The van der Waals surface area contributed by atoms with Crippen molar-refractivity contribution < 1.29 is 22.0 Å². The third kappa shape index (κ3) is 4.44. The van der Waals surface area contributed by atoms with Crippen molar-refractivity contribution in [1.82, 2.24) is 0 Å². The number of carbonyl (C=O) groups is 1. The Labute approximate surface area is 178 Å². The van der Waals surface area contributed by atoms with Gasteiger partial charge in [-0.2, -0.15) is 0 Å². The zero-order valence-electron chi connectivity index (χ0n) is 16.0. The minimum absolute atomic E-state index is 0.00315. The number of hydrogen-bond donors (Lipinski definition) is 1. The van der Waals surface area contributed by atoms with Crippen LogP contribution < -0.4 is 9.62 Å². The van der Waals surface area contributed by atoms with E-state index in [9.17, 15) is 22.0 Å². The van der Waals surface area contributed by atoms with Gasteiger partial charge >= 0.3 is 0 Å². The second kappa shape index (κ2) is 8.41. The molecule has 3 aromatic carbocycles. The van der Waals surface area contributed by atoms with E-state index in [0.717, 1.165) is 22.5 Å². The minimum atomic E-state index is -4.07. The molecule has 0 aromatic heterocycles. The summed E-state index contributed by atoms with van der Waals surface area (Å²) in [4.78, 5) is 12.4. The zero-order chi connectivity index (χ0) is 22.1. The van der Waals surface area contributed by atoms with Crippen LogP contribution in [0.15, 0.2) is 65.6 Å². The van der Waals surface area contributed by atoms with E-state index in [4.69, 9.17) is 11.6 Å².